The fraction of sp³-hybridized carbons (Fsp3) is 0.444. The number of fused-ring (bicyclic) bond motifs is 2. The molecule has 2 aliphatic rings. The molecule has 0 N–H and O–H groups in total. The van der Waals surface area contributed by atoms with Crippen molar-refractivity contribution in [3.8, 4) is 17.4 Å². The first-order valence-corrected chi connectivity index (χ1v) is 8.16. The van der Waals surface area contributed by atoms with E-state index in [0.717, 1.165) is 54.0 Å². The van der Waals surface area contributed by atoms with E-state index in [1.54, 1.807) is 0 Å². The second-order valence-electron chi connectivity index (χ2n) is 6.47. The largest absolute Gasteiger partial charge is 0.472 e. The van der Waals surface area contributed by atoms with Crippen molar-refractivity contribution in [1.29, 1.82) is 0 Å². The summed E-state index contributed by atoms with van der Waals surface area (Å²) < 4.78 is 16.8. The minimum Gasteiger partial charge on any atom is -0.472 e. The summed E-state index contributed by atoms with van der Waals surface area (Å²) in [6.45, 7) is 5.90. The summed E-state index contributed by atoms with van der Waals surface area (Å²) in [7, 11) is 2.10. The predicted octanol–water partition coefficient (Wildman–Crippen LogP) is 2.26. The van der Waals surface area contributed by atoms with E-state index in [4.69, 9.17) is 14.2 Å². The highest BCUT2D eigenvalue weighted by molar-refractivity contribution is 5.44. The number of aryl methyl sites for hydroxylation is 2. The quantitative estimate of drug-likeness (QED) is 0.858. The number of likely N-dealkylation sites (N-methyl/N-ethyl adjacent to an activating group) is 1. The summed E-state index contributed by atoms with van der Waals surface area (Å²) in [6.07, 6.45) is 0.987. The van der Waals surface area contributed by atoms with Gasteiger partial charge >= 0.3 is 0 Å². The highest BCUT2D eigenvalue weighted by Gasteiger charge is 2.27. The Labute approximate surface area is 141 Å². The number of hydrogen-bond acceptors (Lipinski definition) is 6. The van der Waals surface area contributed by atoms with Crippen LogP contribution >= 0.6 is 0 Å². The third-order valence-corrected chi connectivity index (χ3v) is 4.40. The van der Waals surface area contributed by atoms with Gasteiger partial charge in [0.25, 0.3) is 0 Å². The lowest BCUT2D eigenvalue weighted by molar-refractivity contribution is 0.160. The van der Waals surface area contributed by atoms with Gasteiger partial charge < -0.3 is 14.2 Å². The van der Waals surface area contributed by atoms with Gasteiger partial charge in [0.1, 0.15) is 11.9 Å². The molecule has 1 aromatic heterocycles. The highest BCUT2D eigenvalue weighted by atomic mass is 16.7. The SMILES string of the molecule is Cc1nc(C)c2c(n1)O[C@@H](CN(C)Cc1ccc3c(c1)OCO3)C2. The molecule has 126 valence electrons. The first kappa shape index (κ1) is 15.2. The molecule has 6 nitrogen and oxygen atoms in total. The Kier molecular flexibility index (Phi) is 3.76. The zero-order valence-electron chi connectivity index (χ0n) is 14.2. The summed E-state index contributed by atoms with van der Waals surface area (Å²) in [4.78, 5) is 11.1. The van der Waals surface area contributed by atoms with Crippen molar-refractivity contribution in [2.75, 3.05) is 20.4 Å². The number of nitrogens with zero attached hydrogens (tertiary/aromatic N) is 3. The number of ether oxygens (including phenoxy) is 3. The molecule has 3 heterocycles. The van der Waals surface area contributed by atoms with Crippen LogP contribution in [0.25, 0.3) is 0 Å². The molecular weight excluding hydrogens is 306 g/mol. The van der Waals surface area contributed by atoms with Gasteiger partial charge in [0.05, 0.1) is 0 Å². The maximum absolute atomic E-state index is 6.01. The summed E-state index contributed by atoms with van der Waals surface area (Å²) in [5.74, 6) is 3.16. The molecule has 0 radical (unpaired) electrons. The van der Waals surface area contributed by atoms with Crippen LogP contribution in [0.2, 0.25) is 0 Å². The minimum atomic E-state index is 0.119. The smallest absolute Gasteiger partial charge is 0.231 e. The third-order valence-electron chi connectivity index (χ3n) is 4.40. The molecule has 0 fully saturated rings. The average Bonchev–Trinajstić information content (AvgIpc) is 3.12. The molecule has 1 atom stereocenters. The maximum Gasteiger partial charge on any atom is 0.231 e. The third kappa shape index (κ3) is 2.89. The first-order chi connectivity index (χ1) is 11.6. The van der Waals surface area contributed by atoms with Gasteiger partial charge in [-0.2, -0.15) is 4.98 Å². The van der Waals surface area contributed by atoms with Crippen molar-refractivity contribution < 1.29 is 14.2 Å². The topological polar surface area (TPSA) is 56.7 Å². The lowest BCUT2D eigenvalue weighted by Gasteiger charge is -2.20. The molecule has 4 rings (SSSR count). The van der Waals surface area contributed by atoms with E-state index in [1.165, 1.54) is 5.56 Å². The van der Waals surface area contributed by atoms with Crippen molar-refractivity contribution in [3.63, 3.8) is 0 Å². The molecule has 1 aromatic carbocycles. The molecule has 0 spiro atoms. The molecule has 0 unspecified atom stereocenters. The number of benzene rings is 1. The Morgan fingerprint density at radius 2 is 2.00 bits per heavy atom. The van der Waals surface area contributed by atoms with Crippen LogP contribution in [-0.2, 0) is 13.0 Å². The lowest BCUT2D eigenvalue weighted by Crippen LogP contribution is -2.31. The van der Waals surface area contributed by atoms with Crippen molar-refractivity contribution in [2.45, 2.75) is 32.9 Å². The molecule has 0 amide bonds. The second kappa shape index (κ2) is 5.94. The van der Waals surface area contributed by atoms with E-state index in [-0.39, 0.29) is 6.10 Å². The van der Waals surface area contributed by atoms with Gasteiger partial charge in [-0.15, -0.1) is 0 Å². The van der Waals surface area contributed by atoms with Gasteiger partial charge in [0.15, 0.2) is 11.5 Å². The zero-order chi connectivity index (χ0) is 16.7. The van der Waals surface area contributed by atoms with Crippen LogP contribution < -0.4 is 14.2 Å². The van der Waals surface area contributed by atoms with Gasteiger partial charge in [0, 0.05) is 30.8 Å². The zero-order valence-corrected chi connectivity index (χ0v) is 14.2. The summed E-state index contributed by atoms with van der Waals surface area (Å²) in [5.41, 5.74) is 3.37. The van der Waals surface area contributed by atoms with Crippen LogP contribution in [0.1, 0.15) is 22.6 Å². The molecular formula is C18H21N3O3. The van der Waals surface area contributed by atoms with Gasteiger partial charge in [-0.05, 0) is 38.6 Å². The molecule has 24 heavy (non-hydrogen) atoms. The molecule has 0 aliphatic carbocycles. The van der Waals surface area contributed by atoms with Gasteiger partial charge in [0.2, 0.25) is 12.7 Å². The molecule has 0 bridgehead atoms. The molecule has 2 aromatic rings. The second-order valence-corrected chi connectivity index (χ2v) is 6.47. The van der Waals surface area contributed by atoms with Crippen LogP contribution in [0.15, 0.2) is 18.2 Å². The summed E-state index contributed by atoms with van der Waals surface area (Å²) >= 11 is 0. The number of hydrogen-bond donors (Lipinski definition) is 0. The summed E-state index contributed by atoms with van der Waals surface area (Å²) in [5, 5.41) is 0. The van der Waals surface area contributed by atoms with Crippen molar-refractivity contribution in [3.05, 3.63) is 40.8 Å². The Balaban J connectivity index is 1.39. The predicted molar refractivity (Wildman–Crippen MR) is 88.5 cm³/mol. The Morgan fingerprint density at radius 1 is 1.17 bits per heavy atom. The van der Waals surface area contributed by atoms with Gasteiger partial charge in [-0.25, -0.2) is 4.98 Å². The molecule has 6 heteroatoms. The fourth-order valence-electron chi connectivity index (χ4n) is 3.33. The normalized spacial score (nSPS) is 17.9. The van der Waals surface area contributed by atoms with E-state index in [1.807, 2.05) is 26.0 Å². The van der Waals surface area contributed by atoms with E-state index in [2.05, 4.69) is 28.0 Å². The summed E-state index contributed by atoms with van der Waals surface area (Å²) in [6, 6.07) is 6.09. The van der Waals surface area contributed by atoms with Crippen molar-refractivity contribution in [1.82, 2.24) is 14.9 Å². The minimum absolute atomic E-state index is 0.119. The van der Waals surface area contributed by atoms with E-state index in [0.29, 0.717) is 6.79 Å². The Bertz CT molecular complexity index is 778. The van der Waals surface area contributed by atoms with Crippen LogP contribution in [0, 0.1) is 13.8 Å². The average molecular weight is 327 g/mol. The molecule has 0 saturated carbocycles. The maximum atomic E-state index is 6.01. The van der Waals surface area contributed by atoms with E-state index < -0.39 is 0 Å². The molecule has 0 saturated heterocycles. The molecule has 2 aliphatic heterocycles. The van der Waals surface area contributed by atoms with Crippen LogP contribution in [0.5, 0.6) is 17.4 Å². The van der Waals surface area contributed by atoms with Gasteiger partial charge in [-0.1, -0.05) is 6.07 Å². The van der Waals surface area contributed by atoms with Crippen LogP contribution in [0.3, 0.4) is 0 Å². The lowest BCUT2D eigenvalue weighted by atomic mass is 10.1. The van der Waals surface area contributed by atoms with Crippen molar-refractivity contribution in [2.24, 2.45) is 0 Å². The van der Waals surface area contributed by atoms with E-state index >= 15 is 0 Å². The monoisotopic (exact) mass is 327 g/mol. The van der Waals surface area contributed by atoms with Crippen LogP contribution in [-0.4, -0.2) is 41.4 Å². The Hall–Kier alpha value is -2.34. The standard InChI is InChI=1S/C18H21N3O3/c1-11-15-7-14(24-18(15)20-12(2)19-11)9-21(3)8-13-4-5-16-17(6-13)23-10-22-16/h4-6,14H,7-10H2,1-3H3/t14-/m1/s1. The number of rotatable bonds is 4. The Morgan fingerprint density at radius 3 is 2.88 bits per heavy atom. The van der Waals surface area contributed by atoms with E-state index in [9.17, 15) is 0 Å². The van der Waals surface area contributed by atoms with Crippen molar-refractivity contribution >= 4 is 0 Å². The number of aromatic nitrogens is 2. The fourth-order valence-corrected chi connectivity index (χ4v) is 3.33. The van der Waals surface area contributed by atoms with Crippen LogP contribution in [0.4, 0.5) is 0 Å². The first-order valence-electron chi connectivity index (χ1n) is 8.16. The highest BCUT2D eigenvalue weighted by Crippen LogP contribution is 2.33. The van der Waals surface area contributed by atoms with Gasteiger partial charge in [-0.3, -0.25) is 4.90 Å².